The smallest absolute Gasteiger partial charge is 0.349 e. The molecule has 0 aliphatic heterocycles. The lowest BCUT2D eigenvalue weighted by Gasteiger charge is -2.20. The average molecular weight is 280 g/mol. The summed E-state index contributed by atoms with van der Waals surface area (Å²) in [5.41, 5.74) is -0.162. The first-order chi connectivity index (χ1) is 9.44. The number of benzene rings is 1. The largest absolute Gasteiger partial charge is 0.493 e. The Balaban J connectivity index is 2.78. The number of esters is 1. The van der Waals surface area contributed by atoms with Crippen LogP contribution in [0.4, 0.5) is 0 Å². The molecule has 0 fully saturated rings. The van der Waals surface area contributed by atoms with Crippen molar-refractivity contribution in [2.24, 2.45) is 0 Å². The fraction of sp³-hybridized carbons (Fsp3) is 0.400. The van der Waals surface area contributed by atoms with Crippen LogP contribution in [0, 0.1) is 0 Å². The molecule has 1 rings (SSSR count). The molecule has 0 bridgehead atoms. The fourth-order valence-corrected chi connectivity index (χ4v) is 1.53. The van der Waals surface area contributed by atoms with Crippen molar-refractivity contribution in [3.05, 3.63) is 30.0 Å². The number of carbonyl (C=O) groups is 1. The van der Waals surface area contributed by atoms with Gasteiger partial charge in [0, 0.05) is 0 Å². The van der Waals surface area contributed by atoms with E-state index in [1.807, 2.05) is 12.1 Å². The van der Waals surface area contributed by atoms with Gasteiger partial charge in [0.15, 0.2) is 17.1 Å². The Hall–Kier alpha value is -2.17. The van der Waals surface area contributed by atoms with Crippen LogP contribution in [0.3, 0.4) is 0 Å². The first-order valence-electron chi connectivity index (χ1n) is 6.09. The van der Waals surface area contributed by atoms with Crippen LogP contribution in [-0.2, 0) is 14.3 Å². The van der Waals surface area contributed by atoms with Gasteiger partial charge in [-0.3, -0.25) is 0 Å². The van der Waals surface area contributed by atoms with E-state index in [4.69, 9.17) is 14.2 Å². The molecule has 20 heavy (non-hydrogen) atoms. The van der Waals surface area contributed by atoms with E-state index in [2.05, 4.69) is 4.74 Å². The molecule has 1 aromatic rings. The molecule has 0 saturated heterocycles. The molecule has 5 nitrogen and oxygen atoms in total. The molecule has 5 heteroatoms. The molecule has 0 atom stereocenters. The first-order valence-corrected chi connectivity index (χ1v) is 6.09. The van der Waals surface area contributed by atoms with Crippen molar-refractivity contribution in [3.8, 4) is 11.5 Å². The van der Waals surface area contributed by atoms with Crippen molar-refractivity contribution < 1.29 is 23.7 Å². The van der Waals surface area contributed by atoms with Gasteiger partial charge in [-0.05, 0) is 37.6 Å². The normalized spacial score (nSPS) is 11.2. The Kier molecular flexibility index (Phi) is 5.43. The standard InChI is InChI=1S/C15H20O5/c1-15(2,14(16)19-5)20-9-8-11-6-7-12(17-3)13(10-11)18-4/h6-10H,1-5H3. The Morgan fingerprint density at radius 1 is 1.10 bits per heavy atom. The van der Waals surface area contributed by atoms with Crippen LogP contribution in [0.5, 0.6) is 11.5 Å². The van der Waals surface area contributed by atoms with Gasteiger partial charge < -0.3 is 18.9 Å². The fourth-order valence-electron chi connectivity index (χ4n) is 1.53. The number of methoxy groups -OCH3 is 3. The number of ether oxygens (including phenoxy) is 4. The highest BCUT2D eigenvalue weighted by Gasteiger charge is 2.29. The van der Waals surface area contributed by atoms with Crippen molar-refractivity contribution in [2.45, 2.75) is 19.4 Å². The van der Waals surface area contributed by atoms with E-state index in [9.17, 15) is 4.79 Å². The summed E-state index contributed by atoms with van der Waals surface area (Å²) in [7, 11) is 4.48. The topological polar surface area (TPSA) is 54.0 Å². The summed E-state index contributed by atoms with van der Waals surface area (Å²) >= 11 is 0. The lowest BCUT2D eigenvalue weighted by atomic mass is 10.1. The van der Waals surface area contributed by atoms with Gasteiger partial charge in [0.05, 0.1) is 27.6 Å². The van der Waals surface area contributed by atoms with Crippen LogP contribution in [-0.4, -0.2) is 32.9 Å². The predicted molar refractivity (Wildman–Crippen MR) is 75.8 cm³/mol. The van der Waals surface area contributed by atoms with Crippen molar-refractivity contribution in [3.63, 3.8) is 0 Å². The molecule has 110 valence electrons. The molecule has 0 aliphatic carbocycles. The third kappa shape index (κ3) is 3.91. The highest BCUT2D eigenvalue weighted by molar-refractivity contribution is 5.78. The van der Waals surface area contributed by atoms with E-state index in [-0.39, 0.29) is 0 Å². The van der Waals surface area contributed by atoms with Gasteiger partial charge in [-0.2, -0.15) is 0 Å². The molecule has 0 aliphatic rings. The summed E-state index contributed by atoms with van der Waals surface area (Å²) in [6.07, 6.45) is 3.19. The van der Waals surface area contributed by atoms with Crippen LogP contribution < -0.4 is 9.47 Å². The maximum absolute atomic E-state index is 11.4. The molecule has 0 saturated carbocycles. The minimum absolute atomic E-state index is 0.436. The molecule has 0 radical (unpaired) electrons. The summed E-state index contributed by atoms with van der Waals surface area (Å²) in [5, 5.41) is 0. The van der Waals surface area contributed by atoms with E-state index in [1.54, 1.807) is 40.2 Å². The second kappa shape index (κ2) is 6.84. The monoisotopic (exact) mass is 280 g/mol. The Morgan fingerprint density at radius 2 is 1.75 bits per heavy atom. The quantitative estimate of drug-likeness (QED) is 0.592. The second-order valence-electron chi connectivity index (χ2n) is 4.54. The van der Waals surface area contributed by atoms with Gasteiger partial charge in [0.25, 0.3) is 0 Å². The van der Waals surface area contributed by atoms with Crippen LogP contribution in [0.25, 0.3) is 6.08 Å². The van der Waals surface area contributed by atoms with Gasteiger partial charge in [-0.1, -0.05) is 6.07 Å². The van der Waals surface area contributed by atoms with E-state index in [0.29, 0.717) is 11.5 Å². The summed E-state index contributed by atoms with van der Waals surface area (Å²) in [4.78, 5) is 11.4. The lowest BCUT2D eigenvalue weighted by Crippen LogP contribution is -2.34. The van der Waals surface area contributed by atoms with Crippen LogP contribution >= 0.6 is 0 Å². The van der Waals surface area contributed by atoms with Gasteiger partial charge in [0.1, 0.15) is 0 Å². The van der Waals surface area contributed by atoms with Gasteiger partial charge in [-0.25, -0.2) is 4.79 Å². The highest BCUT2D eigenvalue weighted by atomic mass is 16.6. The van der Waals surface area contributed by atoms with E-state index >= 15 is 0 Å². The van der Waals surface area contributed by atoms with E-state index < -0.39 is 11.6 Å². The van der Waals surface area contributed by atoms with Crippen molar-refractivity contribution in [2.75, 3.05) is 21.3 Å². The third-order valence-electron chi connectivity index (χ3n) is 2.71. The van der Waals surface area contributed by atoms with E-state index in [0.717, 1.165) is 5.56 Å². The number of hydrogen-bond acceptors (Lipinski definition) is 5. The molecule has 1 aromatic carbocycles. The number of carbonyl (C=O) groups excluding carboxylic acids is 1. The Bertz CT molecular complexity index is 491. The SMILES string of the molecule is COC(=O)C(C)(C)OC=Cc1ccc(OC)c(OC)c1. The minimum Gasteiger partial charge on any atom is -0.493 e. The molecular formula is C15H20O5. The molecule has 0 unspecified atom stereocenters. The zero-order valence-electron chi connectivity index (χ0n) is 12.4. The van der Waals surface area contributed by atoms with Crippen LogP contribution in [0.15, 0.2) is 24.5 Å². The second-order valence-corrected chi connectivity index (χ2v) is 4.54. The highest BCUT2D eigenvalue weighted by Crippen LogP contribution is 2.28. The first kappa shape index (κ1) is 15.9. The summed E-state index contributed by atoms with van der Waals surface area (Å²) in [6, 6.07) is 5.46. The van der Waals surface area contributed by atoms with Gasteiger partial charge >= 0.3 is 5.97 Å². The maximum Gasteiger partial charge on any atom is 0.349 e. The molecule has 0 heterocycles. The minimum atomic E-state index is -1.03. The zero-order valence-corrected chi connectivity index (χ0v) is 12.4. The Labute approximate surface area is 119 Å². The Morgan fingerprint density at radius 3 is 2.30 bits per heavy atom. The predicted octanol–water partition coefficient (Wildman–Crippen LogP) is 2.64. The van der Waals surface area contributed by atoms with Crippen LogP contribution in [0.1, 0.15) is 19.4 Å². The molecular weight excluding hydrogens is 260 g/mol. The third-order valence-corrected chi connectivity index (χ3v) is 2.71. The summed E-state index contributed by atoms with van der Waals surface area (Å²) in [6.45, 7) is 3.27. The molecule has 0 N–H and O–H groups in total. The van der Waals surface area contributed by atoms with Crippen molar-refractivity contribution in [1.29, 1.82) is 0 Å². The summed E-state index contributed by atoms with van der Waals surface area (Å²) < 4.78 is 20.4. The van der Waals surface area contributed by atoms with Gasteiger partial charge in [-0.15, -0.1) is 0 Å². The average Bonchev–Trinajstić information content (AvgIpc) is 2.45. The molecule has 0 amide bonds. The number of hydrogen-bond donors (Lipinski definition) is 0. The zero-order chi connectivity index (χ0) is 15.2. The molecule has 0 aromatic heterocycles. The van der Waals surface area contributed by atoms with Crippen molar-refractivity contribution >= 4 is 12.0 Å². The lowest BCUT2D eigenvalue weighted by molar-refractivity contribution is -0.159. The maximum atomic E-state index is 11.4. The number of rotatable bonds is 6. The van der Waals surface area contributed by atoms with Gasteiger partial charge in [0.2, 0.25) is 0 Å². The van der Waals surface area contributed by atoms with Crippen molar-refractivity contribution in [1.82, 2.24) is 0 Å². The summed E-state index contributed by atoms with van der Waals surface area (Å²) in [5.74, 6) is 0.844. The van der Waals surface area contributed by atoms with E-state index in [1.165, 1.54) is 13.4 Å². The molecule has 0 spiro atoms. The van der Waals surface area contributed by atoms with Crippen LogP contribution in [0.2, 0.25) is 0 Å².